The third-order valence-corrected chi connectivity index (χ3v) is 5.27. The van der Waals surface area contributed by atoms with Gasteiger partial charge in [0, 0.05) is 23.7 Å². The molecular formula is C22H27NO4. The fourth-order valence-electron chi connectivity index (χ4n) is 4.17. The summed E-state index contributed by atoms with van der Waals surface area (Å²) in [4.78, 5) is 30.6. The monoisotopic (exact) mass is 369 g/mol. The summed E-state index contributed by atoms with van der Waals surface area (Å²) in [5.74, 6) is -1.03. The van der Waals surface area contributed by atoms with Crippen molar-refractivity contribution < 1.29 is 19.4 Å². The van der Waals surface area contributed by atoms with Crippen LogP contribution in [0.4, 0.5) is 0 Å². The predicted octanol–water partition coefficient (Wildman–Crippen LogP) is 4.16. The van der Waals surface area contributed by atoms with Crippen molar-refractivity contribution in [2.24, 2.45) is 16.3 Å². The molecule has 2 aliphatic rings. The van der Waals surface area contributed by atoms with Gasteiger partial charge in [-0.3, -0.25) is 9.79 Å². The highest BCUT2D eigenvalue weighted by molar-refractivity contribution is 6.12. The van der Waals surface area contributed by atoms with Gasteiger partial charge >= 0.3 is 5.97 Å². The molecule has 0 spiro atoms. The van der Waals surface area contributed by atoms with Gasteiger partial charge in [0.1, 0.15) is 11.5 Å². The minimum atomic E-state index is -0.449. The van der Waals surface area contributed by atoms with Crippen molar-refractivity contribution >= 4 is 17.5 Å². The summed E-state index contributed by atoms with van der Waals surface area (Å²) in [6, 6.07) is 6.72. The van der Waals surface area contributed by atoms with Crippen LogP contribution in [-0.2, 0) is 14.3 Å². The van der Waals surface area contributed by atoms with Crippen LogP contribution < -0.4 is 0 Å². The van der Waals surface area contributed by atoms with Crippen LogP contribution in [0.1, 0.15) is 58.4 Å². The Morgan fingerprint density at radius 2 is 1.89 bits per heavy atom. The zero-order valence-corrected chi connectivity index (χ0v) is 16.4. The molecule has 1 heterocycles. The molecule has 0 unspecified atom stereocenters. The summed E-state index contributed by atoms with van der Waals surface area (Å²) in [5.41, 5.74) is 2.61. The SMILES string of the molecule is CCCOC(=O)C1=C(C)N=C2CC(C)(C)CC(=O)[C@@H]2[C@H]1c1ccc(O)cc1. The Labute approximate surface area is 160 Å². The van der Waals surface area contributed by atoms with Crippen molar-refractivity contribution in [1.29, 1.82) is 0 Å². The summed E-state index contributed by atoms with van der Waals surface area (Å²) in [7, 11) is 0. The first kappa shape index (κ1) is 19.3. The fourth-order valence-corrected chi connectivity index (χ4v) is 4.17. The van der Waals surface area contributed by atoms with E-state index in [0.717, 1.165) is 24.1 Å². The van der Waals surface area contributed by atoms with Gasteiger partial charge in [0.15, 0.2) is 0 Å². The lowest BCUT2D eigenvalue weighted by Gasteiger charge is -2.41. The molecule has 1 saturated carbocycles. The van der Waals surface area contributed by atoms with E-state index >= 15 is 0 Å². The Bertz CT molecular complexity index is 817. The highest BCUT2D eigenvalue weighted by Gasteiger charge is 2.47. The second-order valence-corrected chi connectivity index (χ2v) is 8.27. The van der Waals surface area contributed by atoms with E-state index < -0.39 is 17.8 Å². The first-order chi connectivity index (χ1) is 12.7. The molecular weight excluding hydrogens is 342 g/mol. The third kappa shape index (κ3) is 3.82. The number of fused-ring (bicyclic) bond motifs is 1. The van der Waals surface area contributed by atoms with Gasteiger partial charge in [-0.1, -0.05) is 32.9 Å². The molecule has 1 N–H and O–H groups in total. The summed E-state index contributed by atoms with van der Waals surface area (Å²) >= 11 is 0. The van der Waals surface area contributed by atoms with Crippen molar-refractivity contribution in [3.05, 3.63) is 41.1 Å². The van der Waals surface area contributed by atoms with Gasteiger partial charge in [0.05, 0.1) is 18.1 Å². The third-order valence-electron chi connectivity index (χ3n) is 5.27. The highest BCUT2D eigenvalue weighted by Crippen LogP contribution is 2.47. The van der Waals surface area contributed by atoms with E-state index in [1.807, 2.05) is 13.8 Å². The number of aliphatic imine (C=N–C) groups is 1. The number of allylic oxidation sites excluding steroid dienone is 1. The number of Topliss-reactive ketones (excluding diaryl/α,β-unsaturated/α-hetero) is 1. The zero-order valence-electron chi connectivity index (χ0n) is 16.4. The normalized spacial score (nSPS) is 24.3. The summed E-state index contributed by atoms with van der Waals surface area (Å²) in [5, 5.41) is 9.66. The average Bonchev–Trinajstić information content (AvgIpc) is 2.58. The largest absolute Gasteiger partial charge is 0.508 e. The molecule has 1 aromatic carbocycles. The van der Waals surface area contributed by atoms with Crippen LogP contribution in [-0.4, -0.2) is 29.2 Å². The first-order valence-electron chi connectivity index (χ1n) is 9.50. The molecule has 0 bridgehead atoms. The van der Waals surface area contributed by atoms with E-state index in [2.05, 4.69) is 18.8 Å². The number of carbonyl (C=O) groups is 2. The van der Waals surface area contributed by atoms with Crippen molar-refractivity contribution in [2.45, 2.75) is 52.9 Å². The molecule has 2 atom stereocenters. The van der Waals surface area contributed by atoms with Crippen LogP contribution in [0.2, 0.25) is 0 Å². The van der Waals surface area contributed by atoms with E-state index in [1.165, 1.54) is 0 Å². The number of hydrogen-bond acceptors (Lipinski definition) is 5. The molecule has 0 saturated heterocycles. The number of aromatic hydroxyl groups is 1. The number of rotatable bonds is 4. The molecule has 27 heavy (non-hydrogen) atoms. The molecule has 5 nitrogen and oxygen atoms in total. The number of phenols is 1. The number of hydrogen-bond donors (Lipinski definition) is 1. The van der Waals surface area contributed by atoms with Crippen LogP contribution >= 0.6 is 0 Å². The Kier molecular flexibility index (Phi) is 5.22. The number of benzene rings is 1. The molecule has 1 aliphatic carbocycles. The Morgan fingerprint density at radius 1 is 1.22 bits per heavy atom. The molecule has 3 rings (SSSR count). The van der Waals surface area contributed by atoms with Crippen LogP contribution in [0.5, 0.6) is 5.75 Å². The quantitative estimate of drug-likeness (QED) is 0.809. The summed E-state index contributed by atoms with van der Waals surface area (Å²) in [6.45, 7) is 8.23. The maximum absolute atomic E-state index is 13.1. The van der Waals surface area contributed by atoms with E-state index in [-0.39, 0.29) is 16.9 Å². The number of carbonyl (C=O) groups excluding carboxylic acids is 2. The molecule has 0 radical (unpaired) electrons. The van der Waals surface area contributed by atoms with Gasteiger partial charge in [-0.05, 0) is 42.9 Å². The van der Waals surface area contributed by atoms with E-state index in [4.69, 9.17) is 4.74 Å². The first-order valence-corrected chi connectivity index (χ1v) is 9.50. The molecule has 1 fully saturated rings. The highest BCUT2D eigenvalue weighted by atomic mass is 16.5. The maximum Gasteiger partial charge on any atom is 0.336 e. The molecule has 5 heteroatoms. The van der Waals surface area contributed by atoms with E-state index in [0.29, 0.717) is 24.3 Å². The van der Waals surface area contributed by atoms with Gasteiger partial charge in [-0.25, -0.2) is 4.79 Å². The molecule has 0 aromatic heterocycles. The standard InChI is InChI=1S/C22H27NO4/c1-5-10-27-21(26)18-13(2)23-16-11-22(3,4)12-17(25)20(16)19(18)14-6-8-15(24)9-7-14/h6-9,19-20,24H,5,10-12H2,1-4H3/t19-,20+/m0/s1. The van der Waals surface area contributed by atoms with E-state index in [1.54, 1.807) is 24.3 Å². The second kappa shape index (κ2) is 7.29. The predicted molar refractivity (Wildman–Crippen MR) is 104 cm³/mol. The molecule has 1 aliphatic heterocycles. The minimum absolute atomic E-state index is 0.108. The van der Waals surface area contributed by atoms with Gasteiger partial charge < -0.3 is 9.84 Å². The van der Waals surface area contributed by atoms with E-state index in [9.17, 15) is 14.7 Å². The fraction of sp³-hybridized carbons (Fsp3) is 0.500. The van der Waals surface area contributed by atoms with Crippen LogP contribution in [0, 0.1) is 11.3 Å². The number of phenolic OH excluding ortho intramolecular Hbond substituents is 1. The molecule has 144 valence electrons. The Balaban J connectivity index is 2.12. The lowest BCUT2D eigenvalue weighted by molar-refractivity contribution is -0.139. The van der Waals surface area contributed by atoms with Gasteiger partial charge in [-0.15, -0.1) is 0 Å². The lowest BCUT2D eigenvalue weighted by atomic mass is 9.63. The number of nitrogens with zero attached hydrogens (tertiary/aromatic N) is 1. The average molecular weight is 369 g/mol. The second-order valence-electron chi connectivity index (χ2n) is 8.27. The van der Waals surface area contributed by atoms with Crippen molar-refractivity contribution in [3.63, 3.8) is 0 Å². The minimum Gasteiger partial charge on any atom is -0.508 e. The van der Waals surface area contributed by atoms with Crippen LogP contribution in [0.15, 0.2) is 40.5 Å². The van der Waals surface area contributed by atoms with Crippen LogP contribution in [0.3, 0.4) is 0 Å². The number of ether oxygens (including phenoxy) is 1. The van der Waals surface area contributed by atoms with Crippen LogP contribution in [0.25, 0.3) is 0 Å². The Hall–Kier alpha value is -2.43. The summed E-state index contributed by atoms with van der Waals surface area (Å²) < 4.78 is 5.41. The van der Waals surface area contributed by atoms with Gasteiger partial charge in [0.2, 0.25) is 0 Å². The topological polar surface area (TPSA) is 76.0 Å². The lowest BCUT2D eigenvalue weighted by Crippen LogP contribution is -2.44. The number of ketones is 1. The zero-order chi connectivity index (χ0) is 19.8. The van der Waals surface area contributed by atoms with Gasteiger partial charge in [0.25, 0.3) is 0 Å². The molecule has 1 aromatic rings. The van der Waals surface area contributed by atoms with Crippen molar-refractivity contribution in [3.8, 4) is 5.75 Å². The smallest absolute Gasteiger partial charge is 0.336 e. The summed E-state index contributed by atoms with van der Waals surface area (Å²) in [6.07, 6.45) is 1.92. The maximum atomic E-state index is 13.1. The Morgan fingerprint density at radius 3 is 2.52 bits per heavy atom. The number of esters is 1. The van der Waals surface area contributed by atoms with Crippen molar-refractivity contribution in [2.75, 3.05) is 6.61 Å². The van der Waals surface area contributed by atoms with Gasteiger partial charge in [-0.2, -0.15) is 0 Å². The van der Waals surface area contributed by atoms with Crippen molar-refractivity contribution in [1.82, 2.24) is 0 Å². The molecule has 0 amide bonds.